The minimum atomic E-state index is -0.383. The molecule has 3 atom stereocenters. The summed E-state index contributed by atoms with van der Waals surface area (Å²) in [4.78, 5) is 39.5. The van der Waals surface area contributed by atoms with Gasteiger partial charge in [-0.1, -0.05) is 12.1 Å². The lowest BCUT2D eigenvalue weighted by Gasteiger charge is -2.42. The van der Waals surface area contributed by atoms with Crippen molar-refractivity contribution in [3.63, 3.8) is 0 Å². The van der Waals surface area contributed by atoms with E-state index in [1.165, 1.54) is 7.11 Å². The van der Waals surface area contributed by atoms with Gasteiger partial charge in [-0.2, -0.15) is 0 Å². The Labute approximate surface area is 209 Å². The number of amides is 3. The third-order valence-corrected chi connectivity index (χ3v) is 6.37. The zero-order valence-electron chi connectivity index (χ0n) is 20.6. The molecule has 2 aromatic carbocycles. The Bertz CT molecular complexity index is 1120. The van der Waals surface area contributed by atoms with Crippen molar-refractivity contribution in [2.45, 2.75) is 37.5 Å². The SMILES string of the molecule is COCC(=O)Nc1ccc2c(c1)C(=O)N(C)[C@H]1CC[C@H](CC(=O)Nc3ccccc3OC)O[C@@H]1CO2. The monoisotopic (exact) mass is 497 g/mol. The number of para-hydroxylation sites is 2. The molecule has 1 saturated heterocycles. The molecule has 4 rings (SSSR count). The second-order valence-corrected chi connectivity index (χ2v) is 8.81. The van der Waals surface area contributed by atoms with Crippen LogP contribution in [0.3, 0.4) is 0 Å². The molecule has 2 heterocycles. The number of fused-ring (bicyclic) bond motifs is 2. The summed E-state index contributed by atoms with van der Waals surface area (Å²) < 4.78 is 22.4. The topological polar surface area (TPSA) is 115 Å². The number of hydrogen-bond acceptors (Lipinski definition) is 7. The molecule has 192 valence electrons. The van der Waals surface area contributed by atoms with Gasteiger partial charge in [-0.25, -0.2) is 0 Å². The Hall–Kier alpha value is -3.63. The second kappa shape index (κ2) is 11.4. The van der Waals surface area contributed by atoms with E-state index in [9.17, 15) is 14.4 Å². The molecule has 2 aliphatic rings. The number of ether oxygens (including phenoxy) is 4. The molecule has 10 heteroatoms. The van der Waals surface area contributed by atoms with Crippen LogP contribution in [-0.2, 0) is 19.1 Å². The van der Waals surface area contributed by atoms with Gasteiger partial charge in [-0.3, -0.25) is 14.4 Å². The lowest BCUT2D eigenvalue weighted by atomic mass is 9.94. The fourth-order valence-electron chi connectivity index (χ4n) is 4.59. The molecular weight excluding hydrogens is 466 g/mol. The summed E-state index contributed by atoms with van der Waals surface area (Å²) in [7, 11) is 4.73. The van der Waals surface area contributed by atoms with Crippen molar-refractivity contribution in [2.24, 2.45) is 0 Å². The number of nitrogens with one attached hydrogen (secondary N) is 2. The molecule has 0 aliphatic carbocycles. The maximum atomic E-state index is 13.3. The smallest absolute Gasteiger partial charge is 0.257 e. The highest BCUT2D eigenvalue weighted by atomic mass is 16.5. The first kappa shape index (κ1) is 25.5. The van der Waals surface area contributed by atoms with Crippen molar-refractivity contribution in [2.75, 3.05) is 45.1 Å². The van der Waals surface area contributed by atoms with Crippen LogP contribution in [0.5, 0.6) is 11.5 Å². The lowest BCUT2D eigenvalue weighted by molar-refractivity contribution is -0.130. The molecule has 0 unspecified atom stereocenters. The molecule has 10 nitrogen and oxygen atoms in total. The standard InChI is InChI=1S/C26H31N3O7/c1-29-20-10-9-17(13-24(30)28-19-6-4-5-7-22(19)34-3)36-23(20)14-35-21-11-8-16(12-18(21)26(29)32)27-25(31)15-33-2/h4-8,11-12,17,20,23H,9-10,13-15H2,1-3H3,(H,27,31)(H,28,30)/t17-,20+,23-/m1/s1. The van der Waals surface area contributed by atoms with E-state index in [1.54, 1.807) is 49.4 Å². The summed E-state index contributed by atoms with van der Waals surface area (Å²) in [5.41, 5.74) is 1.46. The zero-order chi connectivity index (χ0) is 25.7. The number of rotatable bonds is 7. The number of methoxy groups -OCH3 is 2. The molecule has 2 aromatic rings. The van der Waals surface area contributed by atoms with E-state index in [1.807, 2.05) is 12.1 Å². The van der Waals surface area contributed by atoms with Gasteiger partial charge in [-0.05, 0) is 43.2 Å². The average molecular weight is 498 g/mol. The number of likely N-dealkylation sites (N-methyl/N-ethyl adjacent to an activating group) is 1. The van der Waals surface area contributed by atoms with E-state index in [0.717, 1.165) is 0 Å². The van der Waals surface area contributed by atoms with Gasteiger partial charge in [0.15, 0.2) is 0 Å². The first-order valence-corrected chi connectivity index (χ1v) is 11.8. The van der Waals surface area contributed by atoms with Crippen LogP contribution in [0.15, 0.2) is 42.5 Å². The molecule has 0 saturated carbocycles. The van der Waals surface area contributed by atoms with E-state index < -0.39 is 0 Å². The Kier molecular flexibility index (Phi) is 8.07. The summed E-state index contributed by atoms with van der Waals surface area (Å²) in [6, 6.07) is 12.0. The quantitative estimate of drug-likeness (QED) is 0.604. The highest BCUT2D eigenvalue weighted by molar-refractivity contribution is 6.00. The van der Waals surface area contributed by atoms with Crippen LogP contribution in [0.25, 0.3) is 0 Å². The van der Waals surface area contributed by atoms with Gasteiger partial charge in [0.1, 0.15) is 30.8 Å². The Balaban J connectivity index is 1.42. The molecule has 2 aliphatic heterocycles. The molecular formula is C26H31N3O7. The fourth-order valence-corrected chi connectivity index (χ4v) is 4.59. The normalized spacial score (nSPS) is 21.2. The van der Waals surface area contributed by atoms with Crippen LogP contribution in [0, 0.1) is 0 Å². The Morgan fingerprint density at radius 3 is 2.67 bits per heavy atom. The maximum Gasteiger partial charge on any atom is 0.257 e. The minimum Gasteiger partial charge on any atom is -0.495 e. The van der Waals surface area contributed by atoms with Crippen LogP contribution in [0.1, 0.15) is 29.6 Å². The van der Waals surface area contributed by atoms with Crippen molar-refractivity contribution in [3.8, 4) is 11.5 Å². The number of benzene rings is 2. The van der Waals surface area contributed by atoms with Gasteiger partial charge in [0.2, 0.25) is 11.8 Å². The van der Waals surface area contributed by atoms with Gasteiger partial charge in [0.05, 0.1) is 36.9 Å². The summed E-state index contributed by atoms with van der Waals surface area (Å²) in [6.45, 7) is 0.149. The first-order valence-electron chi connectivity index (χ1n) is 11.8. The van der Waals surface area contributed by atoms with Crippen molar-refractivity contribution < 1.29 is 33.3 Å². The van der Waals surface area contributed by atoms with Crippen molar-refractivity contribution >= 4 is 29.1 Å². The number of nitrogens with zero attached hydrogens (tertiary/aromatic N) is 1. The van der Waals surface area contributed by atoms with Crippen molar-refractivity contribution in [3.05, 3.63) is 48.0 Å². The molecule has 0 radical (unpaired) electrons. The summed E-state index contributed by atoms with van der Waals surface area (Å²) in [5, 5.41) is 5.59. The van der Waals surface area contributed by atoms with E-state index in [4.69, 9.17) is 18.9 Å². The predicted octanol–water partition coefficient (Wildman–Crippen LogP) is 2.69. The molecule has 0 spiro atoms. The molecule has 0 bridgehead atoms. The van der Waals surface area contributed by atoms with Gasteiger partial charge < -0.3 is 34.5 Å². The Morgan fingerprint density at radius 1 is 1.08 bits per heavy atom. The Morgan fingerprint density at radius 2 is 1.89 bits per heavy atom. The minimum absolute atomic E-state index is 0.0827. The van der Waals surface area contributed by atoms with Gasteiger partial charge >= 0.3 is 0 Å². The summed E-state index contributed by atoms with van der Waals surface area (Å²) in [6.07, 6.45) is 0.789. The molecule has 0 aromatic heterocycles. The number of anilines is 2. The van der Waals surface area contributed by atoms with Crippen LogP contribution in [-0.4, -0.2) is 75.4 Å². The summed E-state index contributed by atoms with van der Waals surface area (Å²) >= 11 is 0. The number of carbonyl (C=O) groups is 3. The molecule has 2 N–H and O–H groups in total. The molecule has 1 fully saturated rings. The predicted molar refractivity (Wildman–Crippen MR) is 132 cm³/mol. The molecule has 36 heavy (non-hydrogen) atoms. The van der Waals surface area contributed by atoms with Crippen LogP contribution in [0.2, 0.25) is 0 Å². The van der Waals surface area contributed by atoms with Gasteiger partial charge in [0, 0.05) is 19.8 Å². The number of carbonyl (C=O) groups excluding carboxylic acids is 3. The average Bonchev–Trinajstić information content (AvgIpc) is 2.87. The summed E-state index contributed by atoms with van der Waals surface area (Å²) in [5.74, 6) is 0.288. The van der Waals surface area contributed by atoms with Gasteiger partial charge in [-0.15, -0.1) is 0 Å². The van der Waals surface area contributed by atoms with Crippen LogP contribution < -0.4 is 20.1 Å². The van der Waals surface area contributed by atoms with Crippen molar-refractivity contribution in [1.82, 2.24) is 4.90 Å². The lowest BCUT2D eigenvalue weighted by Crippen LogP contribution is -2.53. The highest BCUT2D eigenvalue weighted by Crippen LogP contribution is 2.33. The number of hydrogen-bond donors (Lipinski definition) is 2. The van der Waals surface area contributed by atoms with Crippen LogP contribution >= 0.6 is 0 Å². The largest absolute Gasteiger partial charge is 0.495 e. The van der Waals surface area contributed by atoms with E-state index >= 15 is 0 Å². The third kappa shape index (κ3) is 5.77. The third-order valence-electron chi connectivity index (χ3n) is 6.37. The van der Waals surface area contributed by atoms with E-state index in [-0.39, 0.29) is 55.6 Å². The van der Waals surface area contributed by atoms with Crippen LogP contribution in [0.4, 0.5) is 11.4 Å². The van der Waals surface area contributed by atoms with Crippen molar-refractivity contribution in [1.29, 1.82) is 0 Å². The maximum absolute atomic E-state index is 13.3. The van der Waals surface area contributed by atoms with E-state index in [2.05, 4.69) is 10.6 Å². The highest BCUT2D eigenvalue weighted by Gasteiger charge is 2.39. The first-order chi connectivity index (χ1) is 17.4. The van der Waals surface area contributed by atoms with E-state index in [0.29, 0.717) is 41.3 Å². The zero-order valence-corrected chi connectivity index (χ0v) is 20.6. The molecule has 3 amide bonds. The van der Waals surface area contributed by atoms with Gasteiger partial charge in [0.25, 0.3) is 5.91 Å². The fraction of sp³-hybridized carbons (Fsp3) is 0.423. The second-order valence-electron chi connectivity index (χ2n) is 8.81.